The van der Waals surface area contributed by atoms with Crippen molar-refractivity contribution in [3.8, 4) is 46.7 Å². The highest BCUT2D eigenvalue weighted by atomic mass is 79.9. The molecule has 19 nitrogen and oxygen atoms in total. The molecule has 0 aliphatic heterocycles. The van der Waals surface area contributed by atoms with Crippen molar-refractivity contribution in [3.63, 3.8) is 0 Å². The van der Waals surface area contributed by atoms with E-state index in [1.54, 1.807) is 136 Å². The van der Waals surface area contributed by atoms with E-state index >= 15 is 0 Å². The maximum Gasteiger partial charge on any atom is 0.425 e. The van der Waals surface area contributed by atoms with Gasteiger partial charge >= 0.3 is 12.2 Å². The SMILES string of the molecule is C#Cc1nc(-c2ccc(S(=O)(=O)C(C)C)cc2)cnc1N(C(=O)OC(C)(C)C)C(=O)OC(C)(C)C.CC(C)S(=O)(=O)c1ccc(-c2cnc(N)c(C#Cc3cccc(C(N)=O)c3)n2)cc1.Nc1cnc(Br)cn1. The molecule has 0 saturated carbocycles. The van der Waals surface area contributed by atoms with Gasteiger partial charge in [-0.15, -0.1) is 6.42 Å². The number of nitrogens with zero attached hydrogens (tertiary/aromatic N) is 7. The third-order valence-corrected chi connectivity index (χ3v) is 14.1. The van der Waals surface area contributed by atoms with E-state index in [1.165, 1.54) is 30.7 Å². The van der Waals surface area contributed by atoms with Crippen LogP contribution in [-0.4, -0.2) is 86.5 Å². The topological polar surface area (TPSA) is 297 Å². The van der Waals surface area contributed by atoms with Crippen LogP contribution in [0.5, 0.6) is 0 Å². The molecule has 6 rings (SSSR count). The van der Waals surface area contributed by atoms with Crippen LogP contribution in [0.1, 0.15) is 96.5 Å². The van der Waals surface area contributed by atoms with E-state index in [0.717, 1.165) is 0 Å². The van der Waals surface area contributed by atoms with Crippen molar-refractivity contribution in [2.75, 3.05) is 16.4 Å². The number of hydrogen-bond donors (Lipinski definition) is 3. The van der Waals surface area contributed by atoms with Crippen LogP contribution in [0.4, 0.5) is 27.0 Å². The lowest BCUT2D eigenvalue weighted by atomic mass is 10.1. The number of rotatable bonds is 8. The van der Waals surface area contributed by atoms with E-state index < -0.39 is 59.5 Å². The Balaban J connectivity index is 0.000000276. The van der Waals surface area contributed by atoms with Crippen LogP contribution in [0.2, 0.25) is 0 Å². The minimum atomic E-state index is -3.43. The average Bonchev–Trinajstić information content (AvgIpc) is 3.31. The molecule has 0 spiro atoms. The highest BCUT2D eigenvalue weighted by Crippen LogP contribution is 2.28. The largest absolute Gasteiger partial charge is 0.443 e. The summed E-state index contributed by atoms with van der Waals surface area (Å²) < 4.78 is 60.7. The summed E-state index contributed by atoms with van der Waals surface area (Å²) in [5.41, 5.74) is 17.8. The Hall–Kier alpha value is -7.79. The number of amides is 3. The quantitative estimate of drug-likeness (QED) is 0.121. The number of terminal acetylenes is 1. The van der Waals surface area contributed by atoms with Gasteiger partial charge in [-0.3, -0.25) is 4.79 Å². The Labute approximate surface area is 433 Å². The zero-order chi connectivity index (χ0) is 54.6. The number of hydrogen-bond acceptors (Lipinski definition) is 17. The fraction of sp³-hybridized carbons (Fsp3) is 0.275. The van der Waals surface area contributed by atoms with Crippen LogP contribution < -0.4 is 22.1 Å². The molecule has 3 heterocycles. The van der Waals surface area contributed by atoms with E-state index in [0.29, 0.717) is 49.0 Å². The molecule has 0 saturated heterocycles. The molecule has 3 amide bonds. The van der Waals surface area contributed by atoms with Gasteiger partial charge in [0.15, 0.2) is 42.7 Å². The van der Waals surface area contributed by atoms with Gasteiger partial charge in [-0.05, 0) is 139 Å². The zero-order valence-corrected chi connectivity index (χ0v) is 44.9. The maximum atomic E-state index is 12.9. The van der Waals surface area contributed by atoms with E-state index in [4.69, 9.17) is 33.1 Å². The van der Waals surface area contributed by atoms with Crippen LogP contribution in [0.25, 0.3) is 22.5 Å². The fourth-order valence-corrected chi connectivity index (χ4v) is 7.98. The lowest BCUT2D eigenvalue weighted by Crippen LogP contribution is -2.44. The fourth-order valence-electron chi connectivity index (χ4n) is 5.65. The second-order valence-corrected chi connectivity index (χ2v) is 23.9. The van der Waals surface area contributed by atoms with Gasteiger partial charge in [-0.1, -0.05) is 36.3 Å². The Kier molecular flexibility index (Phi) is 19.1. The lowest BCUT2D eigenvalue weighted by Gasteiger charge is -2.28. The molecule has 22 heteroatoms. The third kappa shape index (κ3) is 16.4. The minimum Gasteiger partial charge on any atom is -0.443 e. The van der Waals surface area contributed by atoms with Crippen LogP contribution in [-0.2, 0) is 29.1 Å². The monoisotopic (exact) mass is 1090 g/mol. The molecule has 0 aliphatic rings. The predicted octanol–water partition coefficient (Wildman–Crippen LogP) is 8.21. The van der Waals surface area contributed by atoms with E-state index in [1.807, 2.05) is 0 Å². The number of anilines is 3. The summed E-state index contributed by atoms with van der Waals surface area (Å²) in [5.74, 6) is 7.94. The van der Waals surface area contributed by atoms with Gasteiger partial charge in [0, 0.05) is 22.3 Å². The molecule has 3 aromatic carbocycles. The number of primary amides is 1. The van der Waals surface area contributed by atoms with Gasteiger partial charge in [0.05, 0.1) is 56.5 Å². The minimum absolute atomic E-state index is 0.0990. The van der Waals surface area contributed by atoms with Crippen LogP contribution in [0.15, 0.2) is 112 Å². The number of carbonyl (C=O) groups is 3. The number of imide groups is 1. The number of nitrogen functional groups attached to an aromatic ring is 2. The first-order valence-electron chi connectivity index (χ1n) is 22.0. The molecular formula is C51H55BrN10O9S2. The average molecular weight is 1100 g/mol. The number of benzene rings is 3. The number of aromatic nitrogens is 6. The molecule has 3 aromatic heterocycles. The summed E-state index contributed by atoms with van der Waals surface area (Å²) in [6.07, 6.45) is 9.47. The second kappa shape index (κ2) is 24.1. The number of carbonyl (C=O) groups excluding carboxylic acids is 3. The van der Waals surface area contributed by atoms with Gasteiger partial charge in [-0.25, -0.2) is 56.3 Å². The van der Waals surface area contributed by atoms with Gasteiger partial charge < -0.3 is 26.7 Å². The van der Waals surface area contributed by atoms with E-state index in [2.05, 4.69) is 63.6 Å². The molecule has 0 atom stereocenters. The molecule has 0 fully saturated rings. The molecular weight excluding hydrogens is 1040 g/mol. The smallest absolute Gasteiger partial charge is 0.425 e. The van der Waals surface area contributed by atoms with Gasteiger partial charge in [-0.2, -0.15) is 4.90 Å². The highest BCUT2D eigenvalue weighted by molar-refractivity contribution is 9.10. The molecule has 73 heavy (non-hydrogen) atoms. The summed E-state index contributed by atoms with van der Waals surface area (Å²) in [7, 11) is -6.78. The van der Waals surface area contributed by atoms with E-state index in [-0.39, 0.29) is 32.8 Å². The van der Waals surface area contributed by atoms with Gasteiger partial charge in [0.2, 0.25) is 5.91 Å². The first-order chi connectivity index (χ1) is 33.9. The summed E-state index contributed by atoms with van der Waals surface area (Å²) in [4.78, 5) is 62.9. The van der Waals surface area contributed by atoms with Crippen molar-refractivity contribution in [2.24, 2.45) is 5.73 Å². The molecule has 382 valence electrons. The first kappa shape index (κ1) is 57.8. The number of sulfone groups is 2. The molecule has 6 N–H and O–H groups in total. The third-order valence-electron chi connectivity index (χ3n) is 9.37. The first-order valence-corrected chi connectivity index (χ1v) is 25.9. The summed E-state index contributed by atoms with van der Waals surface area (Å²) in [6, 6.07) is 19.1. The van der Waals surface area contributed by atoms with Crippen molar-refractivity contribution in [2.45, 2.75) is 101 Å². The second-order valence-electron chi connectivity index (χ2n) is 18.1. The van der Waals surface area contributed by atoms with Crippen LogP contribution >= 0.6 is 15.9 Å². The molecule has 6 aromatic rings. The summed E-state index contributed by atoms with van der Waals surface area (Å²) >= 11 is 3.12. The highest BCUT2D eigenvalue weighted by Gasteiger charge is 2.35. The Morgan fingerprint density at radius 3 is 1.55 bits per heavy atom. The van der Waals surface area contributed by atoms with Crippen LogP contribution in [0, 0.1) is 24.2 Å². The Morgan fingerprint density at radius 2 is 1.14 bits per heavy atom. The van der Waals surface area contributed by atoms with Crippen LogP contribution in [0.3, 0.4) is 0 Å². The number of ether oxygens (including phenoxy) is 2. The summed E-state index contributed by atoms with van der Waals surface area (Å²) in [6.45, 7) is 16.4. The maximum absolute atomic E-state index is 12.9. The zero-order valence-electron chi connectivity index (χ0n) is 41.7. The Bertz CT molecular complexity index is 3260. The lowest BCUT2D eigenvalue weighted by molar-refractivity contribution is 0.0428. The Morgan fingerprint density at radius 1 is 0.658 bits per heavy atom. The van der Waals surface area contributed by atoms with Crippen molar-refractivity contribution in [1.82, 2.24) is 29.9 Å². The van der Waals surface area contributed by atoms with Crippen molar-refractivity contribution >= 4 is 71.2 Å². The van der Waals surface area contributed by atoms with Crippen molar-refractivity contribution < 1.29 is 40.7 Å². The van der Waals surface area contributed by atoms with Gasteiger partial charge in [0.1, 0.15) is 21.6 Å². The predicted molar refractivity (Wildman–Crippen MR) is 282 cm³/mol. The van der Waals surface area contributed by atoms with Crippen molar-refractivity contribution in [3.05, 3.63) is 125 Å². The van der Waals surface area contributed by atoms with E-state index in [9.17, 15) is 31.2 Å². The molecule has 0 radical (unpaired) electrons. The molecule has 0 aliphatic carbocycles. The summed E-state index contributed by atoms with van der Waals surface area (Å²) in [5, 5.41) is -1.07. The molecule has 0 bridgehead atoms. The standard InChI is InChI=1S/C25H31N3O6S.C22H20N4O3S.C4H4BrN3/c1-10-19-21(28(22(29)33-24(4,5)6)23(30)34-25(7,8)9)26-15-20(27-19)17-11-13-18(14-12-17)35(31,32)16(2)3;1-14(2)30(28,29)18-9-7-16(8-10-18)20-13-25-21(23)19(26-20)11-6-15-4-3-5-17(12-15)22(24)27;5-3-1-8-4(6)2-7-3/h1,11-16H,2-9H3;3-5,7-10,12-14H,1-2H3,(H2,23,25)(H2,24,27);1-2H,(H2,6,8). The van der Waals surface area contributed by atoms with Gasteiger partial charge in [0.25, 0.3) is 0 Å². The normalized spacial score (nSPS) is 11.3. The molecule has 0 unspecified atom stereocenters. The number of nitrogens with two attached hydrogens (primary N) is 3. The number of halogens is 1. The van der Waals surface area contributed by atoms with Crippen molar-refractivity contribution in [1.29, 1.82) is 0 Å².